The predicted octanol–water partition coefficient (Wildman–Crippen LogP) is 1.97. The second-order valence-corrected chi connectivity index (χ2v) is 8.16. The Kier molecular flexibility index (Phi) is 8.66. The number of methoxy groups -OCH3 is 3. The van der Waals surface area contributed by atoms with E-state index in [1.54, 1.807) is 21.3 Å². The third kappa shape index (κ3) is 6.55. The minimum absolute atomic E-state index is 0.0943. The van der Waals surface area contributed by atoms with Gasteiger partial charge in [-0.2, -0.15) is 8.42 Å². The standard InChI is InChI=1S/C21H27NO4.H2O4S/c1-24-18-7-5-4-6-16(18)17-12-22-13-21(17,14-23)11-15-8-9-19(25-2)20(10-15)26-3;1-5(2,3)4/h4-10,17,22-23H,11-14H2,1-3H3;(H2,1,2,3,4). The van der Waals surface area contributed by atoms with Gasteiger partial charge in [-0.25, -0.2) is 0 Å². The minimum Gasteiger partial charge on any atom is -0.496 e. The highest BCUT2D eigenvalue weighted by atomic mass is 32.3. The highest BCUT2D eigenvalue weighted by Crippen LogP contribution is 2.45. The molecule has 31 heavy (non-hydrogen) atoms. The van der Waals surface area contributed by atoms with Gasteiger partial charge in [0.05, 0.1) is 27.9 Å². The van der Waals surface area contributed by atoms with Crippen LogP contribution in [0.3, 0.4) is 0 Å². The van der Waals surface area contributed by atoms with Crippen molar-refractivity contribution in [3.8, 4) is 17.2 Å². The van der Waals surface area contributed by atoms with E-state index in [9.17, 15) is 5.11 Å². The molecule has 0 spiro atoms. The Balaban J connectivity index is 0.000000614. The minimum atomic E-state index is -4.67. The van der Waals surface area contributed by atoms with E-state index in [1.165, 1.54) is 0 Å². The first-order valence-electron chi connectivity index (χ1n) is 9.52. The largest absolute Gasteiger partial charge is 0.496 e. The summed E-state index contributed by atoms with van der Waals surface area (Å²) in [7, 11) is 0.291. The smallest absolute Gasteiger partial charge is 0.394 e. The second kappa shape index (κ2) is 10.8. The Hall–Kier alpha value is -2.37. The van der Waals surface area contributed by atoms with Crippen LogP contribution < -0.4 is 19.5 Å². The lowest BCUT2D eigenvalue weighted by Gasteiger charge is -2.34. The molecule has 2 aromatic carbocycles. The van der Waals surface area contributed by atoms with E-state index in [0.29, 0.717) is 11.5 Å². The molecule has 0 amide bonds. The summed E-state index contributed by atoms with van der Waals surface area (Å²) in [4.78, 5) is 0. The number of benzene rings is 2. The molecule has 0 aliphatic carbocycles. The van der Waals surface area contributed by atoms with Gasteiger partial charge >= 0.3 is 10.4 Å². The molecule has 1 aliphatic heterocycles. The quantitative estimate of drug-likeness (QED) is 0.462. The highest BCUT2D eigenvalue weighted by molar-refractivity contribution is 7.79. The van der Waals surface area contributed by atoms with Crippen molar-refractivity contribution in [2.75, 3.05) is 41.0 Å². The third-order valence-electron chi connectivity index (χ3n) is 5.40. The van der Waals surface area contributed by atoms with Crippen LogP contribution in [0, 0.1) is 5.41 Å². The van der Waals surface area contributed by atoms with Crippen molar-refractivity contribution in [2.45, 2.75) is 12.3 Å². The van der Waals surface area contributed by atoms with Crippen LogP contribution in [-0.4, -0.2) is 63.7 Å². The Morgan fingerprint density at radius 2 is 1.61 bits per heavy atom. The van der Waals surface area contributed by atoms with Crippen LogP contribution in [0.4, 0.5) is 0 Å². The first-order chi connectivity index (χ1) is 14.7. The summed E-state index contributed by atoms with van der Waals surface area (Å²) in [5, 5.41) is 13.8. The summed E-state index contributed by atoms with van der Waals surface area (Å²) in [5.41, 5.74) is 1.95. The van der Waals surface area contributed by atoms with Gasteiger partial charge in [-0.15, -0.1) is 0 Å². The maximum atomic E-state index is 10.4. The van der Waals surface area contributed by atoms with Gasteiger partial charge in [-0.3, -0.25) is 9.11 Å². The molecular weight excluding hydrogens is 426 g/mol. The maximum absolute atomic E-state index is 10.4. The number of hydrogen-bond acceptors (Lipinski definition) is 7. The van der Waals surface area contributed by atoms with Crippen LogP contribution >= 0.6 is 0 Å². The molecule has 3 rings (SSSR count). The first kappa shape index (κ1) is 24.9. The number of para-hydroxylation sites is 1. The van der Waals surface area contributed by atoms with Crippen molar-refractivity contribution < 1.29 is 36.8 Å². The van der Waals surface area contributed by atoms with Crippen LogP contribution in [0.2, 0.25) is 0 Å². The van der Waals surface area contributed by atoms with Crippen molar-refractivity contribution in [1.82, 2.24) is 5.32 Å². The van der Waals surface area contributed by atoms with Gasteiger partial charge in [0.15, 0.2) is 11.5 Å². The molecule has 0 radical (unpaired) electrons. The van der Waals surface area contributed by atoms with Crippen LogP contribution in [0.15, 0.2) is 42.5 Å². The molecule has 1 aliphatic rings. The van der Waals surface area contributed by atoms with E-state index in [-0.39, 0.29) is 17.9 Å². The average Bonchev–Trinajstić information content (AvgIpc) is 3.16. The Morgan fingerprint density at radius 1 is 1.00 bits per heavy atom. The summed E-state index contributed by atoms with van der Waals surface area (Å²) in [6.45, 7) is 1.66. The van der Waals surface area contributed by atoms with E-state index >= 15 is 0 Å². The zero-order valence-corrected chi connectivity index (χ0v) is 18.6. The summed E-state index contributed by atoms with van der Waals surface area (Å²) < 4.78 is 47.9. The second-order valence-electron chi connectivity index (χ2n) is 7.26. The SMILES string of the molecule is COc1ccc(CC2(CO)CNCC2c2ccccc2OC)cc1OC.O=S(=O)(O)O. The molecule has 172 valence electrons. The normalized spacial score (nSPS) is 20.5. The van der Waals surface area contributed by atoms with Crippen LogP contribution in [0.25, 0.3) is 0 Å². The Morgan fingerprint density at radius 3 is 2.19 bits per heavy atom. The van der Waals surface area contributed by atoms with Crippen molar-refractivity contribution >= 4 is 10.4 Å². The molecule has 1 saturated heterocycles. The maximum Gasteiger partial charge on any atom is 0.394 e. The molecule has 9 nitrogen and oxygen atoms in total. The fourth-order valence-electron chi connectivity index (χ4n) is 4.00. The average molecular weight is 456 g/mol. The number of nitrogens with one attached hydrogen (secondary N) is 1. The summed E-state index contributed by atoms with van der Waals surface area (Å²) in [6, 6.07) is 14.0. The van der Waals surface area contributed by atoms with Crippen molar-refractivity contribution in [1.29, 1.82) is 0 Å². The van der Waals surface area contributed by atoms with Gasteiger partial charge in [-0.05, 0) is 35.7 Å². The van der Waals surface area contributed by atoms with E-state index in [0.717, 1.165) is 36.4 Å². The molecule has 1 fully saturated rings. The molecule has 0 bridgehead atoms. The lowest BCUT2D eigenvalue weighted by Crippen LogP contribution is -2.35. The summed E-state index contributed by atoms with van der Waals surface area (Å²) >= 11 is 0. The number of hydrogen-bond donors (Lipinski definition) is 4. The predicted molar refractivity (Wildman–Crippen MR) is 116 cm³/mol. The van der Waals surface area contributed by atoms with Gasteiger partial charge in [0.2, 0.25) is 0 Å². The van der Waals surface area contributed by atoms with Crippen molar-refractivity contribution in [3.05, 3.63) is 53.6 Å². The van der Waals surface area contributed by atoms with E-state index < -0.39 is 10.4 Å². The van der Waals surface area contributed by atoms with Gasteiger partial charge in [-0.1, -0.05) is 24.3 Å². The Bertz CT molecular complexity index is 958. The van der Waals surface area contributed by atoms with Gasteiger partial charge in [0.25, 0.3) is 0 Å². The lowest BCUT2D eigenvalue weighted by atomic mass is 9.71. The number of rotatable bonds is 7. The topological polar surface area (TPSA) is 135 Å². The molecular formula is C21H29NO8S. The number of ether oxygens (including phenoxy) is 3. The monoisotopic (exact) mass is 455 g/mol. The fraction of sp³-hybridized carbons (Fsp3) is 0.429. The molecule has 1 heterocycles. The van der Waals surface area contributed by atoms with Gasteiger partial charge in [0, 0.05) is 24.4 Å². The Labute approximate surface area is 182 Å². The number of aliphatic hydroxyl groups is 1. The lowest BCUT2D eigenvalue weighted by molar-refractivity contribution is 0.125. The summed E-state index contributed by atoms with van der Waals surface area (Å²) in [5.74, 6) is 2.45. The highest BCUT2D eigenvalue weighted by Gasteiger charge is 2.44. The van der Waals surface area contributed by atoms with Crippen molar-refractivity contribution in [3.63, 3.8) is 0 Å². The summed E-state index contributed by atoms with van der Waals surface area (Å²) in [6.07, 6.45) is 0.736. The first-order valence-corrected chi connectivity index (χ1v) is 10.9. The molecule has 10 heteroatoms. The molecule has 2 aromatic rings. The molecule has 4 N–H and O–H groups in total. The van der Waals surface area contributed by atoms with E-state index in [1.807, 2.05) is 36.4 Å². The third-order valence-corrected chi connectivity index (χ3v) is 5.40. The molecule has 2 atom stereocenters. The van der Waals surface area contributed by atoms with E-state index in [4.69, 9.17) is 31.7 Å². The molecule has 0 aromatic heterocycles. The molecule has 2 unspecified atom stereocenters. The van der Waals surface area contributed by atoms with Crippen LogP contribution in [-0.2, 0) is 16.8 Å². The van der Waals surface area contributed by atoms with Crippen LogP contribution in [0.5, 0.6) is 17.2 Å². The fourth-order valence-corrected chi connectivity index (χ4v) is 4.00. The van der Waals surface area contributed by atoms with Crippen molar-refractivity contribution in [2.24, 2.45) is 5.41 Å². The van der Waals surface area contributed by atoms with Gasteiger partial charge < -0.3 is 24.6 Å². The van der Waals surface area contributed by atoms with Crippen LogP contribution in [0.1, 0.15) is 17.0 Å². The van der Waals surface area contributed by atoms with Gasteiger partial charge in [0.1, 0.15) is 5.75 Å². The van der Waals surface area contributed by atoms with E-state index in [2.05, 4.69) is 11.4 Å². The number of aliphatic hydroxyl groups excluding tert-OH is 1. The zero-order chi connectivity index (χ0) is 23.1. The zero-order valence-electron chi connectivity index (χ0n) is 17.7. The molecule has 0 saturated carbocycles.